The van der Waals surface area contributed by atoms with E-state index in [-0.39, 0.29) is 11.8 Å². The molecular formula is C23H28N4O2. The zero-order valence-corrected chi connectivity index (χ0v) is 16.7. The highest BCUT2D eigenvalue weighted by Gasteiger charge is 2.18. The minimum Gasteiger partial charge on any atom is -0.326 e. The zero-order chi connectivity index (χ0) is 20.1. The standard InChI is InChI=1S/C23H28N4O2/c28-22(9-11-26-13-14-26)24-20-5-1-18(2-6-20)17-19-3-7-21(8-4-19)25-23(29)10-12-27-15-16-27/h1-8H,9-17H2,(H,24,28)(H,25,29). The molecular weight excluding hydrogens is 364 g/mol. The maximum Gasteiger partial charge on any atom is 0.225 e. The van der Waals surface area contributed by atoms with Crippen LogP contribution in [0.2, 0.25) is 0 Å². The lowest BCUT2D eigenvalue weighted by Gasteiger charge is -2.09. The second-order valence-corrected chi connectivity index (χ2v) is 7.85. The third-order valence-corrected chi connectivity index (χ3v) is 5.27. The molecule has 0 saturated carbocycles. The summed E-state index contributed by atoms with van der Waals surface area (Å²) in [6.45, 7) is 6.17. The number of carbonyl (C=O) groups is 2. The predicted octanol–water partition coefficient (Wildman–Crippen LogP) is 2.57. The largest absolute Gasteiger partial charge is 0.326 e. The van der Waals surface area contributed by atoms with E-state index in [4.69, 9.17) is 0 Å². The van der Waals surface area contributed by atoms with Crippen LogP contribution in [-0.2, 0) is 16.0 Å². The van der Waals surface area contributed by atoms with Crippen molar-refractivity contribution in [2.45, 2.75) is 19.3 Å². The van der Waals surface area contributed by atoms with Gasteiger partial charge in [-0.3, -0.25) is 9.59 Å². The van der Waals surface area contributed by atoms with Crippen molar-refractivity contribution in [3.05, 3.63) is 59.7 Å². The SMILES string of the molecule is O=C(CCN1CC1)Nc1ccc(Cc2ccc(NC(=O)CCN3CC3)cc2)cc1. The van der Waals surface area contributed by atoms with Crippen LogP contribution < -0.4 is 10.6 Å². The van der Waals surface area contributed by atoms with Crippen LogP contribution in [-0.4, -0.2) is 60.9 Å². The molecule has 0 bridgehead atoms. The molecule has 0 aliphatic carbocycles. The Kier molecular flexibility index (Phi) is 6.22. The first kappa shape index (κ1) is 19.6. The molecule has 2 saturated heterocycles. The van der Waals surface area contributed by atoms with Crippen LogP contribution in [0.15, 0.2) is 48.5 Å². The summed E-state index contributed by atoms with van der Waals surface area (Å²) in [5.74, 6) is 0.133. The molecule has 2 N–H and O–H groups in total. The molecule has 2 aromatic carbocycles. The van der Waals surface area contributed by atoms with Crippen LogP contribution in [0, 0.1) is 0 Å². The minimum atomic E-state index is 0.0663. The van der Waals surface area contributed by atoms with E-state index in [1.165, 1.54) is 11.1 Å². The number of rotatable bonds is 10. The first-order chi connectivity index (χ1) is 14.1. The highest BCUT2D eigenvalue weighted by atomic mass is 16.2. The molecule has 0 atom stereocenters. The van der Waals surface area contributed by atoms with Crippen molar-refractivity contribution in [3.8, 4) is 0 Å². The predicted molar refractivity (Wildman–Crippen MR) is 115 cm³/mol. The quantitative estimate of drug-likeness (QED) is 0.610. The summed E-state index contributed by atoms with van der Waals surface area (Å²) in [5.41, 5.74) is 4.04. The van der Waals surface area contributed by atoms with Crippen LogP contribution in [0.1, 0.15) is 24.0 Å². The van der Waals surface area contributed by atoms with E-state index in [0.29, 0.717) is 12.8 Å². The summed E-state index contributed by atoms with van der Waals surface area (Å²) in [7, 11) is 0. The van der Waals surface area contributed by atoms with Crippen LogP contribution in [0.25, 0.3) is 0 Å². The van der Waals surface area contributed by atoms with E-state index in [1.807, 2.05) is 48.5 Å². The second-order valence-electron chi connectivity index (χ2n) is 7.85. The molecule has 152 valence electrons. The van der Waals surface area contributed by atoms with E-state index in [9.17, 15) is 9.59 Å². The second kappa shape index (κ2) is 9.20. The number of carbonyl (C=O) groups excluding carboxylic acids is 2. The fourth-order valence-electron chi connectivity index (χ4n) is 3.20. The highest BCUT2D eigenvalue weighted by molar-refractivity contribution is 5.91. The molecule has 2 fully saturated rings. The summed E-state index contributed by atoms with van der Waals surface area (Å²) in [6.07, 6.45) is 1.90. The van der Waals surface area contributed by atoms with E-state index < -0.39 is 0 Å². The Morgan fingerprint density at radius 3 is 1.38 bits per heavy atom. The molecule has 6 nitrogen and oxygen atoms in total. The third-order valence-electron chi connectivity index (χ3n) is 5.27. The van der Waals surface area contributed by atoms with Gasteiger partial charge in [0, 0.05) is 63.5 Å². The van der Waals surface area contributed by atoms with Crippen molar-refractivity contribution < 1.29 is 9.59 Å². The molecule has 2 heterocycles. The van der Waals surface area contributed by atoms with Gasteiger partial charge >= 0.3 is 0 Å². The first-order valence-corrected chi connectivity index (χ1v) is 10.4. The number of nitrogens with one attached hydrogen (secondary N) is 2. The van der Waals surface area contributed by atoms with Gasteiger partial charge in [0.2, 0.25) is 11.8 Å². The summed E-state index contributed by atoms with van der Waals surface area (Å²) in [6, 6.07) is 16.0. The van der Waals surface area contributed by atoms with E-state index in [0.717, 1.165) is 57.1 Å². The van der Waals surface area contributed by atoms with Gasteiger partial charge in [-0.2, -0.15) is 0 Å². The fraction of sp³-hybridized carbons (Fsp3) is 0.391. The monoisotopic (exact) mass is 392 g/mol. The average molecular weight is 393 g/mol. The topological polar surface area (TPSA) is 64.2 Å². The number of nitrogens with zero attached hydrogens (tertiary/aromatic N) is 2. The molecule has 2 aliphatic heterocycles. The lowest BCUT2D eigenvalue weighted by molar-refractivity contribution is -0.117. The van der Waals surface area contributed by atoms with E-state index in [1.54, 1.807) is 0 Å². The van der Waals surface area contributed by atoms with Crippen molar-refractivity contribution in [1.29, 1.82) is 0 Å². The van der Waals surface area contributed by atoms with Gasteiger partial charge < -0.3 is 20.4 Å². The molecule has 2 aliphatic rings. The Morgan fingerprint density at radius 1 is 0.655 bits per heavy atom. The summed E-state index contributed by atoms with van der Waals surface area (Å²) in [5, 5.41) is 5.91. The fourth-order valence-corrected chi connectivity index (χ4v) is 3.20. The Balaban J connectivity index is 1.22. The van der Waals surface area contributed by atoms with Gasteiger partial charge in [0.25, 0.3) is 0 Å². The first-order valence-electron chi connectivity index (χ1n) is 10.4. The van der Waals surface area contributed by atoms with Crippen molar-refractivity contribution in [1.82, 2.24) is 9.80 Å². The van der Waals surface area contributed by atoms with Gasteiger partial charge in [0.05, 0.1) is 0 Å². The minimum absolute atomic E-state index is 0.0663. The molecule has 0 unspecified atom stereocenters. The zero-order valence-electron chi connectivity index (χ0n) is 16.7. The highest BCUT2D eigenvalue weighted by Crippen LogP contribution is 2.17. The van der Waals surface area contributed by atoms with Crippen LogP contribution >= 0.6 is 0 Å². The Labute approximate surface area is 171 Å². The Hall–Kier alpha value is -2.70. The van der Waals surface area contributed by atoms with Gasteiger partial charge in [-0.1, -0.05) is 24.3 Å². The van der Waals surface area contributed by atoms with Gasteiger partial charge in [-0.25, -0.2) is 0 Å². The van der Waals surface area contributed by atoms with E-state index in [2.05, 4.69) is 20.4 Å². The van der Waals surface area contributed by atoms with Crippen LogP contribution in [0.3, 0.4) is 0 Å². The third kappa shape index (κ3) is 6.69. The van der Waals surface area contributed by atoms with Crippen molar-refractivity contribution in [2.24, 2.45) is 0 Å². The smallest absolute Gasteiger partial charge is 0.225 e. The molecule has 29 heavy (non-hydrogen) atoms. The van der Waals surface area contributed by atoms with Crippen LogP contribution in [0.5, 0.6) is 0 Å². The molecule has 0 spiro atoms. The number of benzene rings is 2. The maximum absolute atomic E-state index is 11.9. The number of amides is 2. The Bertz CT molecular complexity index is 769. The van der Waals surface area contributed by atoms with Crippen molar-refractivity contribution in [2.75, 3.05) is 49.9 Å². The number of anilines is 2. The van der Waals surface area contributed by atoms with Crippen LogP contribution in [0.4, 0.5) is 11.4 Å². The van der Waals surface area contributed by atoms with Gasteiger partial charge in [-0.15, -0.1) is 0 Å². The lowest BCUT2D eigenvalue weighted by atomic mass is 10.0. The molecule has 6 heteroatoms. The van der Waals surface area contributed by atoms with Crippen molar-refractivity contribution in [3.63, 3.8) is 0 Å². The van der Waals surface area contributed by atoms with Gasteiger partial charge in [-0.05, 0) is 41.8 Å². The molecule has 0 aromatic heterocycles. The molecule has 0 radical (unpaired) electrons. The van der Waals surface area contributed by atoms with Gasteiger partial charge in [0.15, 0.2) is 0 Å². The number of hydrogen-bond acceptors (Lipinski definition) is 4. The molecule has 2 amide bonds. The summed E-state index contributed by atoms with van der Waals surface area (Å²) < 4.78 is 0. The molecule has 4 rings (SSSR count). The summed E-state index contributed by atoms with van der Waals surface area (Å²) in [4.78, 5) is 28.4. The number of hydrogen-bond donors (Lipinski definition) is 2. The molecule has 2 aromatic rings. The summed E-state index contributed by atoms with van der Waals surface area (Å²) >= 11 is 0. The maximum atomic E-state index is 11.9. The average Bonchev–Trinajstić information content (AvgIpc) is 3.63. The normalized spacial score (nSPS) is 15.7. The van der Waals surface area contributed by atoms with E-state index >= 15 is 0 Å². The lowest BCUT2D eigenvalue weighted by Crippen LogP contribution is -2.15. The Morgan fingerprint density at radius 2 is 1.03 bits per heavy atom. The van der Waals surface area contributed by atoms with Crippen molar-refractivity contribution >= 4 is 23.2 Å². The van der Waals surface area contributed by atoms with Gasteiger partial charge in [0.1, 0.15) is 0 Å².